The maximum Gasteiger partial charge on any atom is 0.125 e. The molecule has 0 amide bonds. The van der Waals surface area contributed by atoms with Gasteiger partial charge in [0.1, 0.15) is 5.82 Å². The molecular weight excluding hydrogens is 167 g/mol. The van der Waals surface area contributed by atoms with Gasteiger partial charge in [0, 0.05) is 24.7 Å². The van der Waals surface area contributed by atoms with Crippen molar-refractivity contribution in [1.29, 1.82) is 0 Å². The summed E-state index contributed by atoms with van der Waals surface area (Å²) in [7, 11) is 1.82. The number of halogens is 1. The fourth-order valence-electron chi connectivity index (χ4n) is 1.11. The van der Waals surface area contributed by atoms with E-state index in [-0.39, 0.29) is 5.82 Å². The highest BCUT2D eigenvalue weighted by molar-refractivity contribution is 5.77. The van der Waals surface area contributed by atoms with Gasteiger partial charge >= 0.3 is 0 Å². The van der Waals surface area contributed by atoms with E-state index in [1.54, 1.807) is 10.7 Å². The number of hydrogen-bond acceptors (Lipinski definition) is 1. The van der Waals surface area contributed by atoms with Gasteiger partial charge in [0.25, 0.3) is 0 Å². The van der Waals surface area contributed by atoms with Gasteiger partial charge in [-0.3, -0.25) is 4.68 Å². The third-order valence-corrected chi connectivity index (χ3v) is 1.58. The SMILES string of the molecule is CC.Cn1cc2ccc(F)cc2n1. The minimum atomic E-state index is -0.240. The lowest BCUT2D eigenvalue weighted by atomic mass is 10.2. The molecule has 1 heterocycles. The van der Waals surface area contributed by atoms with E-state index in [9.17, 15) is 4.39 Å². The molecule has 0 fully saturated rings. The van der Waals surface area contributed by atoms with E-state index in [1.807, 2.05) is 27.1 Å². The summed E-state index contributed by atoms with van der Waals surface area (Å²) < 4.78 is 14.3. The third-order valence-electron chi connectivity index (χ3n) is 1.58. The summed E-state index contributed by atoms with van der Waals surface area (Å²) in [6.45, 7) is 4.00. The van der Waals surface area contributed by atoms with Gasteiger partial charge in [-0.05, 0) is 12.1 Å². The van der Waals surface area contributed by atoms with Gasteiger partial charge in [-0.25, -0.2) is 4.39 Å². The average molecular weight is 180 g/mol. The second kappa shape index (κ2) is 4.03. The fraction of sp³-hybridized carbons (Fsp3) is 0.300. The van der Waals surface area contributed by atoms with Crippen molar-refractivity contribution in [2.24, 2.45) is 7.05 Å². The molecule has 1 aromatic heterocycles. The Bertz CT molecular complexity index is 393. The predicted molar refractivity (Wildman–Crippen MR) is 52.0 cm³/mol. The molecule has 70 valence electrons. The van der Waals surface area contributed by atoms with E-state index < -0.39 is 0 Å². The Hall–Kier alpha value is -1.38. The Kier molecular flexibility index (Phi) is 3.01. The summed E-state index contributed by atoms with van der Waals surface area (Å²) in [4.78, 5) is 0. The van der Waals surface area contributed by atoms with Crippen LogP contribution in [0.4, 0.5) is 4.39 Å². The van der Waals surface area contributed by atoms with E-state index in [1.165, 1.54) is 12.1 Å². The van der Waals surface area contributed by atoms with Gasteiger partial charge in [0.15, 0.2) is 0 Å². The van der Waals surface area contributed by atoms with Crippen LogP contribution in [0.5, 0.6) is 0 Å². The van der Waals surface area contributed by atoms with E-state index in [0.29, 0.717) is 5.52 Å². The maximum atomic E-state index is 12.6. The lowest BCUT2D eigenvalue weighted by Gasteiger charge is -1.85. The van der Waals surface area contributed by atoms with Gasteiger partial charge < -0.3 is 0 Å². The summed E-state index contributed by atoms with van der Waals surface area (Å²) in [5.74, 6) is -0.240. The van der Waals surface area contributed by atoms with Gasteiger partial charge in [-0.15, -0.1) is 0 Å². The molecule has 0 aliphatic rings. The van der Waals surface area contributed by atoms with Crippen LogP contribution in [0.25, 0.3) is 10.9 Å². The van der Waals surface area contributed by atoms with Crippen LogP contribution >= 0.6 is 0 Å². The molecule has 0 spiro atoms. The highest BCUT2D eigenvalue weighted by atomic mass is 19.1. The number of hydrogen-bond donors (Lipinski definition) is 0. The zero-order valence-electron chi connectivity index (χ0n) is 8.08. The summed E-state index contributed by atoms with van der Waals surface area (Å²) in [6.07, 6.45) is 1.86. The van der Waals surface area contributed by atoms with Gasteiger partial charge in [0.2, 0.25) is 0 Å². The zero-order valence-corrected chi connectivity index (χ0v) is 8.08. The van der Waals surface area contributed by atoms with Crippen LogP contribution in [0.2, 0.25) is 0 Å². The van der Waals surface area contributed by atoms with Crippen molar-refractivity contribution in [2.75, 3.05) is 0 Å². The number of fused-ring (bicyclic) bond motifs is 1. The normalized spacial score (nSPS) is 9.54. The van der Waals surface area contributed by atoms with E-state index in [2.05, 4.69) is 5.10 Å². The monoisotopic (exact) mass is 180 g/mol. The van der Waals surface area contributed by atoms with Crippen molar-refractivity contribution in [2.45, 2.75) is 13.8 Å². The Morgan fingerprint density at radius 2 is 2.00 bits per heavy atom. The van der Waals surface area contributed by atoms with E-state index in [0.717, 1.165) is 5.39 Å². The minimum absolute atomic E-state index is 0.240. The number of benzene rings is 1. The predicted octanol–water partition coefficient (Wildman–Crippen LogP) is 2.74. The molecule has 13 heavy (non-hydrogen) atoms. The molecule has 0 N–H and O–H groups in total. The number of rotatable bonds is 0. The standard InChI is InChI=1S/C8H7FN2.C2H6/c1-11-5-6-2-3-7(9)4-8(6)10-11;1-2/h2-5H,1H3;1-2H3. The Morgan fingerprint density at radius 1 is 1.31 bits per heavy atom. The van der Waals surface area contributed by atoms with Crippen LogP contribution in [0.1, 0.15) is 13.8 Å². The van der Waals surface area contributed by atoms with Crippen LogP contribution in [0, 0.1) is 5.82 Å². The molecule has 1 aromatic carbocycles. The summed E-state index contributed by atoms with van der Waals surface area (Å²) in [5, 5.41) is 5.02. The Balaban J connectivity index is 0.000000396. The third kappa shape index (κ3) is 2.05. The molecule has 2 aromatic rings. The smallest absolute Gasteiger partial charge is 0.125 e. The number of aryl methyl sites for hydroxylation is 1. The molecule has 0 saturated carbocycles. The molecule has 0 radical (unpaired) electrons. The second-order valence-electron chi connectivity index (χ2n) is 2.51. The lowest BCUT2D eigenvalue weighted by molar-refractivity contribution is 0.629. The quantitative estimate of drug-likeness (QED) is 0.609. The molecular formula is C10H13FN2. The fourth-order valence-corrected chi connectivity index (χ4v) is 1.11. The van der Waals surface area contributed by atoms with Crippen molar-refractivity contribution >= 4 is 10.9 Å². The van der Waals surface area contributed by atoms with Crippen LogP contribution in [0.3, 0.4) is 0 Å². The largest absolute Gasteiger partial charge is 0.275 e. The average Bonchev–Trinajstić information content (AvgIpc) is 2.48. The number of nitrogens with zero attached hydrogens (tertiary/aromatic N) is 2. The molecule has 0 aliphatic heterocycles. The van der Waals surface area contributed by atoms with Crippen molar-refractivity contribution in [3.8, 4) is 0 Å². The highest BCUT2D eigenvalue weighted by Crippen LogP contribution is 2.12. The molecule has 3 heteroatoms. The van der Waals surface area contributed by atoms with E-state index >= 15 is 0 Å². The lowest BCUT2D eigenvalue weighted by Crippen LogP contribution is -1.84. The molecule has 0 atom stereocenters. The molecule has 2 nitrogen and oxygen atoms in total. The number of aromatic nitrogens is 2. The minimum Gasteiger partial charge on any atom is -0.275 e. The van der Waals surface area contributed by atoms with Crippen LogP contribution < -0.4 is 0 Å². The summed E-state index contributed by atoms with van der Waals surface area (Å²) in [6, 6.07) is 4.58. The van der Waals surface area contributed by atoms with Crippen molar-refractivity contribution < 1.29 is 4.39 Å². The van der Waals surface area contributed by atoms with Gasteiger partial charge in [-0.1, -0.05) is 13.8 Å². The first-order valence-electron chi connectivity index (χ1n) is 4.34. The van der Waals surface area contributed by atoms with Crippen LogP contribution in [0.15, 0.2) is 24.4 Å². The molecule has 2 rings (SSSR count). The first-order valence-corrected chi connectivity index (χ1v) is 4.34. The van der Waals surface area contributed by atoms with Crippen molar-refractivity contribution in [3.63, 3.8) is 0 Å². The highest BCUT2D eigenvalue weighted by Gasteiger charge is 1.97. The Morgan fingerprint density at radius 3 is 2.69 bits per heavy atom. The van der Waals surface area contributed by atoms with Gasteiger partial charge in [-0.2, -0.15) is 5.10 Å². The topological polar surface area (TPSA) is 17.8 Å². The summed E-state index contributed by atoms with van der Waals surface area (Å²) >= 11 is 0. The molecule has 0 aliphatic carbocycles. The van der Waals surface area contributed by atoms with Gasteiger partial charge in [0.05, 0.1) is 5.52 Å². The zero-order chi connectivity index (χ0) is 9.84. The van der Waals surface area contributed by atoms with Crippen LogP contribution in [-0.4, -0.2) is 9.78 Å². The van der Waals surface area contributed by atoms with Crippen LogP contribution in [-0.2, 0) is 7.05 Å². The molecule has 0 unspecified atom stereocenters. The second-order valence-corrected chi connectivity index (χ2v) is 2.51. The first-order chi connectivity index (χ1) is 6.25. The Labute approximate surface area is 77.0 Å². The summed E-state index contributed by atoms with van der Waals surface area (Å²) in [5.41, 5.74) is 0.701. The maximum absolute atomic E-state index is 12.6. The molecule has 0 saturated heterocycles. The van der Waals surface area contributed by atoms with Crippen molar-refractivity contribution in [3.05, 3.63) is 30.2 Å². The van der Waals surface area contributed by atoms with Crippen molar-refractivity contribution in [1.82, 2.24) is 9.78 Å². The first kappa shape index (κ1) is 9.71. The molecule has 0 bridgehead atoms. The van der Waals surface area contributed by atoms with E-state index in [4.69, 9.17) is 0 Å².